The third-order valence-electron chi connectivity index (χ3n) is 2.94. The summed E-state index contributed by atoms with van der Waals surface area (Å²) >= 11 is 0. The zero-order valence-corrected chi connectivity index (χ0v) is 9.82. The van der Waals surface area contributed by atoms with E-state index < -0.39 is 11.6 Å². The number of imidazole rings is 1. The smallest absolute Gasteiger partial charge is 0.186 e. The fraction of sp³-hybridized carbons (Fsp3) is 0.0714. The van der Waals surface area contributed by atoms with Crippen LogP contribution in [0.15, 0.2) is 36.4 Å². The summed E-state index contributed by atoms with van der Waals surface area (Å²) in [5, 5.41) is 9.67. The Morgan fingerprint density at radius 3 is 2.68 bits per heavy atom. The largest absolute Gasteiger partial charge is 0.508 e. The van der Waals surface area contributed by atoms with Crippen molar-refractivity contribution >= 4 is 11.0 Å². The molecule has 1 aromatic heterocycles. The van der Waals surface area contributed by atoms with Gasteiger partial charge in [0, 0.05) is 12.0 Å². The molecule has 19 heavy (non-hydrogen) atoms. The summed E-state index contributed by atoms with van der Waals surface area (Å²) in [7, 11) is 0. The number of fused-ring (bicyclic) bond motifs is 1. The molecule has 0 saturated heterocycles. The molecule has 3 aromatic rings. The van der Waals surface area contributed by atoms with Crippen LogP contribution in [0.1, 0.15) is 11.4 Å². The van der Waals surface area contributed by atoms with E-state index in [1.807, 2.05) is 0 Å². The standard InChI is InChI=1S/C14H10F2N2O/c15-9-5-6-10-14(13(9)16)18-12(17-10)7-8-3-1-2-4-11(8)19/h1-6,19H,7H2,(H,17,18). The second-order valence-electron chi connectivity index (χ2n) is 4.25. The molecule has 1 heterocycles. The van der Waals surface area contributed by atoms with Crippen molar-refractivity contribution in [3.8, 4) is 5.75 Å². The third kappa shape index (κ3) is 2.03. The van der Waals surface area contributed by atoms with E-state index in [0.29, 0.717) is 23.3 Å². The quantitative estimate of drug-likeness (QED) is 0.743. The van der Waals surface area contributed by atoms with Gasteiger partial charge in [-0.3, -0.25) is 0 Å². The number of para-hydroxylation sites is 1. The molecule has 0 radical (unpaired) electrons. The number of aromatic amines is 1. The van der Waals surface area contributed by atoms with Crippen LogP contribution < -0.4 is 0 Å². The highest BCUT2D eigenvalue weighted by Gasteiger charge is 2.12. The average Bonchev–Trinajstić information content (AvgIpc) is 2.80. The molecule has 0 spiro atoms. The van der Waals surface area contributed by atoms with Gasteiger partial charge in [-0.15, -0.1) is 0 Å². The van der Waals surface area contributed by atoms with Crippen LogP contribution in [0.4, 0.5) is 8.78 Å². The number of nitrogens with one attached hydrogen (secondary N) is 1. The number of nitrogens with zero attached hydrogens (tertiary/aromatic N) is 1. The number of aromatic nitrogens is 2. The van der Waals surface area contributed by atoms with Gasteiger partial charge in [-0.05, 0) is 18.2 Å². The first-order valence-corrected chi connectivity index (χ1v) is 5.74. The lowest BCUT2D eigenvalue weighted by Gasteiger charge is -2.00. The molecule has 3 nitrogen and oxygen atoms in total. The Morgan fingerprint density at radius 2 is 1.89 bits per heavy atom. The van der Waals surface area contributed by atoms with Gasteiger partial charge in [-0.25, -0.2) is 13.8 Å². The topological polar surface area (TPSA) is 48.9 Å². The van der Waals surface area contributed by atoms with Crippen LogP contribution in [-0.2, 0) is 6.42 Å². The van der Waals surface area contributed by atoms with Crippen molar-refractivity contribution in [3.05, 3.63) is 59.4 Å². The molecule has 0 aliphatic heterocycles. The van der Waals surface area contributed by atoms with E-state index >= 15 is 0 Å². The number of benzene rings is 2. The molecule has 5 heteroatoms. The molecule has 0 aliphatic rings. The third-order valence-corrected chi connectivity index (χ3v) is 2.94. The highest BCUT2D eigenvalue weighted by molar-refractivity contribution is 5.75. The van der Waals surface area contributed by atoms with Gasteiger partial charge < -0.3 is 10.1 Å². The summed E-state index contributed by atoms with van der Waals surface area (Å²) in [6.07, 6.45) is 0.322. The Labute approximate surface area is 107 Å². The summed E-state index contributed by atoms with van der Waals surface area (Å²) in [4.78, 5) is 6.94. The first kappa shape index (κ1) is 11.6. The minimum Gasteiger partial charge on any atom is -0.508 e. The first-order valence-electron chi connectivity index (χ1n) is 5.74. The van der Waals surface area contributed by atoms with Crippen LogP contribution in [0.5, 0.6) is 5.75 Å². The van der Waals surface area contributed by atoms with Crippen molar-refractivity contribution in [2.75, 3.05) is 0 Å². The van der Waals surface area contributed by atoms with Gasteiger partial charge in [0.05, 0.1) is 5.52 Å². The van der Waals surface area contributed by atoms with Gasteiger partial charge in [-0.2, -0.15) is 0 Å². The molecule has 0 amide bonds. The van der Waals surface area contributed by atoms with Gasteiger partial charge in [0.2, 0.25) is 0 Å². The van der Waals surface area contributed by atoms with Gasteiger partial charge in [0.1, 0.15) is 17.1 Å². The number of rotatable bonds is 2. The van der Waals surface area contributed by atoms with Crippen molar-refractivity contribution in [2.24, 2.45) is 0 Å². The Hall–Kier alpha value is -2.43. The van der Waals surface area contributed by atoms with E-state index in [1.165, 1.54) is 6.07 Å². The number of hydrogen-bond donors (Lipinski definition) is 2. The Bertz CT molecular complexity index is 752. The zero-order chi connectivity index (χ0) is 13.4. The summed E-state index contributed by atoms with van der Waals surface area (Å²) in [6, 6.07) is 9.32. The van der Waals surface area contributed by atoms with Crippen LogP contribution in [0, 0.1) is 11.6 Å². The molecule has 2 N–H and O–H groups in total. The molecule has 0 fully saturated rings. The molecule has 0 bridgehead atoms. The highest BCUT2D eigenvalue weighted by Crippen LogP contribution is 2.22. The highest BCUT2D eigenvalue weighted by atomic mass is 19.2. The van der Waals surface area contributed by atoms with Gasteiger partial charge in [0.15, 0.2) is 11.6 Å². The molecule has 96 valence electrons. The maximum absolute atomic E-state index is 13.5. The SMILES string of the molecule is Oc1ccccc1Cc1nc2c(F)c(F)ccc2[nH]1. The Morgan fingerprint density at radius 1 is 1.11 bits per heavy atom. The van der Waals surface area contributed by atoms with E-state index in [2.05, 4.69) is 9.97 Å². The van der Waals surface area contributed by atoms with Crippen molar-refractivity contribution in [2.45, 2.75) is 6.42 Å². The Balaban J connectivity index is 2.03. The summed E-state index contributed by atoms with van der Waals surface area (Å²) in [5.41, 5.74) is 1.08. The van der Waals surface area contributed by atoms with E-state index in [4.69, 9.17) is 0 Å². The molecule has 2 aromatic carbocycles. The summed E-state index contributed by atoms with van der Waals surface area (Å²) in [6.45, 7) is 0. The first-order chi connectivity index (χ1) is 9.15. The number of phenols is 1. The maximum Gasteiger partial charge on any atom is 0.186 e. The molecule has 0 unspecified atom stereocenters. The minimum absolute atomic E-state index is 0.0228. The van der Waals surface area contributed by atoms with Crippen LogP contribution in [0.2, 0.25) is 0 Å². The van der Waals surface area contributed by atoms with Crippen molar-refractivity contribution < 1.29 is 13.9 Å². The van der Waals surface area contributed by atoms with Crippen LogP contribution in [0.25, 0.3) is 11.0 Å². The predicted octanol–water partition coefficient (Wildman–Crippen LogP) is 3.14. The molecule has 0 saturated carbocycles. The van der Waals surface area contributed by atoms with Crippen molar-refractivity contribution in [1.82, 2.24) is 9.97 Å². The van der Waals surface area contributed by atoms with Gasteiger partial charge in [-0.1, -0.05) is 18.2 Å². The lowest BCUT2D eigenvalue weighted by molar-refractivity contribution is 0.469. The monoisotopic (exact) mass is 260 g/mol. The average molecular weight is 260 g/mol. The number of H-pyrrole nitrogens is 1. The molecular weight excluding hydrogens is 250 g/mol. The van der Waals surface area contributed by atoms with E-state index in [0.717, 1.165) is 6.07 Å². The lowest BCUT2D eigenvalue weighted by atomic mass is 10.1. The summed E-state index contributed by atoms with van der Waals surface area (Å²) in [5.74, 6) is -1.26. The number of phenolic OH excluding ortho intramolecular Hbond substituents is 1. The zero-order valence-electron chi connectivity index (χ0n) is 9.82. The predicted molar refractivity (Wildman–Crippen MR) is 66.9 cm³/mol. The minimum atomic E-state index is -0.961. The normalized spacial score (nSPS) is 11.1. The fourth-order valence-corrected chi connectivity index (χ4v) is 1.99. The van der Waals surface area contributed by atoms with E-state index in [1.54, 1.807) is 24.3 Å². The lowest BCUT2D eigenvalue weighted by Crippen LogP contribution is -1.91. The number of aromatic hydroxyl groups is 1. The van der Waals surface area contributed by atoms with Crippen molar-refractivity contribution in [3.63, 3.8) is 0 Å². The Kier molecular flexibility index (Phi) is 2.67. The van der Waals surface area contributed by atoms with Crippen LogP contribution in [0.3, 0.4) is 0 Å². The molecule has 3 rings (SSSR count). The van der Waals surface area contributed by atoms with Crippen LogP contribution in [-0.4, -0.2) is 15.1 Å². The van der Waals surface area contributed by atoms with Gasteiger partial charge >= 0.3 is 0 Å². The number of hydrogen-bond acceptors (Lipinski definition) is 2. The van der Waals surface area contributed by atoms with Crippen LogP contribution >= 0.6 is 0 Å². The number of halogens is 2. The summed E-state index contributed by atoms with van der Waals surface area (Å²) < 4.78 is 26.6. The van der Waals surface area contributed by atoms with Crippen molar-refractivity contribution in [1.29, 1.82) is 0 Å². The fourth-order valence-electron chi connectivity index (χ4n) is 1.99. The van der Waals surface area contributed by atoms with E-state index in [-0.39, 0.29) is 11.3 Å². The maximum atomic E-state index is 13.5. The molecule has 0 aliphatic carbocycles. The van der Waals surface area contributed by atoms with E-state index in [9.17, 15) is 13.9 Å². The second kappa shape index (κ2) is 4.35. The van der Waals surface area contributed by atoms with Gasteiger partial charge in [0.25, 0.3) is 0 Å². The molecule has 0 atom stereocenters. The molecular formula is C14H10F2N2O. The second-order valence-corrected chi connectivity index (χ2v) is 4.25.